The number of hydrogen-bond acceptors (Lipinski definition) is 7. The number of hydrogen-bond donors (Lipinski definition) is 0. The van der Waals surface area contributed by atoms with Gasteiger partial charge < -0.3 is 14.2 Å². The molecule has 194 valence electrons. The topological polar surface area (TPSA) is 97.0 Å². The third-order valence-corrected chi connectivity index (χ3v) is 5.71. The standard InChI is InChI=1S/C25H23F3N4O5/c1-35-20-8-16(9-21(36-2)24(20)19(33)4-6-25(26,27)28)18-12-29-22-10-15(5-7-32(18)22)17-11-30-31(13-17)14-23(34)37-3/h5,7-13H,4,6,14H2,1-3H3. The van der Waals surface area contributed by atoms with Crippen molar-refractivity contribution in [2.24, 2.45) is 0 Å². The fourth-order valence-electron chi connectivity index (χ4n) is 3.88. The quantitative estimate of drug-likeness (QED) is 0.237. The van der Waals surface area contributed by atoms with Crippen LogP contribution in [0, 0.1) is 0 Å². The molecule has 12 heteroatoms. The number of nitrogens with zero attached hydrogens (tertiary/aromatic N) is 4. The Balaban J connectivity index is 1.67. The number of ether oxygens (including phenoxy) is 3. The highest BCUT2D eigenvalue weighted by atomic mass is 19.4. The lowest BCUT2D eigenvalue weighted by molar-refractivity contribution is -0.141. The van der Waals surface area contributed by atoms with Crippen LogP contribution < -0.4 is 9.47 Å². The number of ketones is 1. The molecule has 0 atom stereocenters. The van der Waals surface area contributed by atoms with Crippen molar-refractivity contribution < 1.29 is 37.0 Å². The van der Waals surface area contributed by atoms with Crippen LogP contribution in [0.25, 0.3) is 28.0 Å². The van der Waals surface area contributed by atoms with E-state index in [1.54, 1.807) is 36.9 Å². The van der Waals surface area contributed by atoms with Crippen molar-refractivity contribution >= 4 is 17.4 Å². The van der Waals surface area contributed by atoms with Gasteiger partial charge in [-0.2, -0.15) is 18.3 Å². The zero-order valence-corrected chi connectivity index (χ0v) is 20.2. The largest absolute Gasteiger partial charge is 0.496 e. The number of rotatable bonds is 9. The van der Waals surface area contributed by atoms with Crippen LogP contribution in [0.15, 0.2) is 49.1 Å². The van der Waals surface area contributed by atoms with Crippen LogP contribution >= 0.6 is 0 Å². The molecule has 0 unspecified atom stereocenters. The summed E-state index contributed by atoms with van der Waals surface area (Å²) in [6, 6.07) is 6.82. The zero-order chi connectivity index (χ0) is 26.7. The first-order valence-electron chi connectivity index (χ1n) is 11.1. The average molecular weight is 516 g/mol. The molecule has 0 N–H and O–H groups in total. The molecule has 0 saturated carbocycles. The van der Waals surface area contributed by atoms with Gasteiger partial charge in [-0.05, 0) is 29.8 Å². The molecule has 0 aliphatic carbocycles. The van der Waals surface area contributed by atoms with Crippen molar-refractivity contribution in [2.75, 3.05) is 21.3 Å². The minimum Gasteiger partial charge on any atom is -0.496 e. The number of halogens is 3. The predicted molar refractivity (Wildman–Crippen MR) is 127 cm³/mol. The van der Waals surface area contributed by atoms with Gasteiger partial charge in [0.05, 0.1) is 45.8 Å². The third kappa shape index (κ3) is 5.57. The van der Waals surface area contributed by atoms with Crippen LogP contribution in [0.4, 0.5) is 13.2 Å². The number of pyridine rings is 1. The van der Waals surface area contributed by atoms with Gasteiger partial charge in [-0.25, -0.2) is 4.98 Å². The number of aromatic nitrogens is 4. The zero-order valence-electron chi connectivity index (χ0n) is 20.2. The van der Waals surface area contributed by atoms with Crippen molar-refractivity contribution in [1.29, 1.82) is 0 Å². The second kappa shape index (κ2) is 10.3. The Morgan fingerprint density at radius 3 is 2.30 bits per heavy atom. The van der Waals surface area contributed by atoms with Crippen molar-refractivity contribution in [3.05, 3.63) is 54.6 Å². The Bertz CT molecular complexity index is 1430. The number of fused-ring (bicyclic) bond motifs is 1. The minimum atomic E-state index is -4.45. The lowest BCUT2D eigenvalue weighted by Crippen LogP contribution is -2.12. The summed E-state index contributed by atoms with van der Waals surface area (Å²) < 4.78 is 56.6. The van der Waals surface area contributed by atoms with Crippen LogP contribution in [0.2, 0.25) is 0 Å². The van der Waals surface area contributed by atoms with Gasteiger partial charge in [0.15, 0.2) is 5.78 Å². The summed E-state index contributed by atoms with van der Waals surface area (Å²) >= 11 is 0. The van der Waals surface area contributed by atoms with E-state index in [1.165, 1.54) is 26.0 Å². The number of carbonyl (C=O) groups is 2. The Morgan fingerprint density at radius 1 is 0.973 bits per heavy atom. The second-order valence-electron chi connectivity index (χ2n) is 8.08. The van der Waals surface area contributed by atoms with Gasteiger partial charge in [-0.15, -0.1) is 0 Å². The lowest BCUT2D eigenvalue weighted by Gasteiger charge is -2.15. The van der Waals surface area contributed by atoms with Gasteiger partial charge in [0.1, 0.15) is 29.3 Å². The molecule has 4 aromatic rings. The van der Waals surface area contributed by atoms with Crippen LogP contribution in [0.1, 0.15) is 23.2 Å². The minimum absolute atomic E-state index is 0.00929. The first-order valence-corrected chi connectivity index (χ1v) is 11.1. The molecule has 0 saturated heterocycles. The number of methoxy groups -OCH3 is 3. The molecule has 0 spiro atoms. The van der Waals surface area contributed by atoms with Crippen LogP contribution in [-0.4, -0.2) is 58.4 Å². The lowest BCUT2D eigenvalue weighted by atomic mass is 10.0. The Labute approximate surface area is 209 Å². The fourth-order valence-corrected chi connectivity index (χ4v) is 3.88. The second-order valence-corrected chi connectivity index (χ2v) is 8.08. The van der Waals surface area contributed by atoms with Crippen molar-refractivity contribution in [1.82, 2.24) is 19.2 Å². The highest BCUT2D eigenvalue weighted by Gasteiger charge is 2.30. The van der Waals surface area contributed by atoms with Gasteiger partial charge in [0.25, 0.3) is 0 Å². The highest BCUT2D eigenvalue weighted by molar-refractivity contribution is 6.02. The van der Waals surface area contributed by atoms with Crippen LogP contribution in [0.5, 0.6) is 11.5 Å². The molecule has 0 fully saturated rings. The first kappa shape index (κ1) is 25.7. The number of Topliss-reactive ketones (excluding diaryl/α,β-unsaturated/α-hetero) is 1. The van der Waals surface area contributed by atoms with Crippen molar-refractivity contribution in [3.63, 3.8) is 0 Å². The van der Waals surface area contributed by atoms with Crippen molar-refractivity contribution in [2.45, 2.75) is 25.6 Å². The molecule has 0 radical (unpaired) electrons. The Morgan fingerprint density at radius 2 is 1.68 bits per heavy atom. The number of alkyl halides is 3. The van der Waals surface area contributed by atoms with Crippen molar-refractivity contribution in [3.8, 4) is 33.9 Å². The molecule has 4 rings (SSSR count). The SMILES string of the molecule is COC(=O)Cn1cc(-c2ccn3c(-c4cc(OC)c(C(=O)CCC(F)(F)F)c(OC)c4)cnc3c2)cn1. The summed E-state index contributed by atoms with van der Waals surface area (Å²) in [6.45, 7) is -0.00929. The molecule has 0 aliphatic heterocycles. The average Bonchev–Trinajstić information content (AvgIpc) is 3.52. The summed E-state index contributed by atoms with van der Waals surface area (Å²) in [5.41, 5.74) is 3.40. The summed E-state index contributed by atoms with van der Waals surface area (Å²) in [6.07, 6.45) is 0.359. The van der Waals surface area contributed by atoms with Crippen LogP contribution in [-0.2, 0) is 16.1 Å². The predicted octanol–water partition coefficient (Wildman–Crippen LogP) is 4.58. The molecule has 0 bridgehead atoms. The maximum absolute atomic E-state index is 12.7. The van der Waals surface area contributed by atoms with Gasteiger partial charge in [-0.1, -0.05) is 0 Å². The summed E-state index contributed by atoms with van der Waals surface area (Å²) in [4.78, 5) is 28.5. The van der Waals surface area contributed by atoms with Gasteiger partial charge >= 0.3 is 12.1 Å². The molecule has 0 amide bonds. The van der Waals surface area contributed by atoms with Gasteiger partial charge in [0, 0.05) is 29.9 Å². The van der Waals surface area contributed by atoms with E-state index < -0.39 is 30.8 Å². The van der Waals surface area contributed by atoms with Gasteiger partial charge in [-0.3, -0.25) is 18.7 Å². The summed E-state index contributed by atoms with van der Waals surface area (Å²) in [5.74, 6) is -0.938. The number of esters is 1. The van der Waals surface area contributed by atoms with E-state index in [1.807, 2.05) is 16.5 Å². The fraction of sp³-hybridized carbons (Fsp3) is 0.280. The molecule has 3 aromatic heterocycles. The molecule has 9 nitrogen and oxygen atoms in total. The monoisotopic (exact) mass is 516 g/mol. The molecule has 37 heavy (non-hydrogen) atoms. The molecule has 0 aliphatic rings. The molecule has 3 heterocycles. The first-order chi connectivity index (χ1) is 17.6. The number of carbonyl (C=O) groups excluding carboxylic acids is 2. The Kier molecular flexibility index (Phi) is 7.18. The molecular weight excluding hydrogens is 493 g/mol. The molecular formula is C25H23F3N4O5. The van der Waals surface area contributed by atoms with E-state index in [-0.39, 0.29) is 23.6 Å². The molecule has 1 aromatic carbocycles. The maximum atomic E-state index is 12.7. The van der Waals surface area contributed by atoms with E-state index in [4.69, 9.17) is 9.47 Å². The normalized spacial score (nSPS) is 11.5. The third-order valence-electron chi connectivity index (χ3n) is 5.71. The number of benzene rings is 1. The van der Waals surface area contributed by atoms with E-state index in [9.17, 15) is 22.8 Å². The highest BCUT2D eigenvalue weighted by Crippen LogP contribution is 2.37. The Hall–Kier alpha value is -4.35. The van der Waals surface area contributed by atoms with Crippen LogP contribution in [0.3, 0.4) is 0 Å². The van der Waals surface area contributed by atoms with E-state index in [0.717, 1.165) is 11.1 Å². The number of imidazole rings is 1. The summed E-state index contributed by atoms with van der Waals surface area (Å²) in [7, 11) is 3.97. The maximum Gasteiger partial charge on any atom is 0.389 e. The van der Waals surface area contributed by atoms with E-state index in [2.05, 4.69) is 14.8 Å². The van der Waals surface area contributed by atoms with Gasteiger partial charge in [0.2, 0.25) is 0 Å². The summed E-state index contributed by atoms with van der Waals surface area (Å²) in [5, 5.41) is 4.17. The van der Waals surface area contributed by atoms with E-state index >= 15 is 0 Å². The van der Waals surface area contributed by atoms with E-state index in [0.29, 0.717) is 16.9 Å². The smallest absolute Gasteiger partial charge is 0.389 e.